The van der Waals surface area contributed by atoms with Crippen LogP contribution in [0.15, 0.2) is 18.5 Å². The zero-order valence-electron chi connectivity index (χ0n) is 13.4. The third-order valence-electron chi connectivity index (χ3n) is 6.51. The van der Waals surface area contributed by atoms with Crippen LogP contribution in [0.4, 0.5) is 0 Å². The lowest BCUT2D eigenvalue weighted by atomic mass is 9.82. The van der Waals surface area contributed by atoms with Crippen LogP contribution in [0.25, 0.3) is 0 Å². The van der Waals surface area contributed by atoms with E-state index in [1.807, 2.05) is 16.9 Å². The Morgan fingerprint density at radius 3 is 2.48 bits per heavy atom. The van der Waals surface area contributed by atoms with Gasteiger partial charge in [0.1, 0.15) is 5.54 Å². The van der Waals surface area contributed by atoms with E-state index in [4.69, 9.17) is 4.74 Å². The summed E-state index contributed by atoms with van der Waals surface area (Å²) in [5, 5.41) is 7.81. The molecule has 1 N–H and O–H groups in total. The van der Waals surface area contributed by atoms with Gasteiger partial charge in [-0.3, -0.25) is 9.48 Å². The lowest BCUT2D eigenvalue weighted by Crippen LogP contribution is -2.55. The van der Waals surface area contributed by atoms with E-state index in [1.165, 1.54) is 12.8 Å². The second-order valence-electron chi connectivity index (χ2n) is 7.56. The van der Waals surface area contributed by atoms with E-state index in [-0.39, 0.29) is 5.91 Å². The SMILES string of the molecule is O=C(N1CC2C3CCC(O3)C2C1)C1(n2cccn2)CCNCC1. The number of hydrogen-bond acceptors (Lipinski definition) is 4. The first-order chi connectivity index (χ1) is 11.3. The molecule has 4 atom stereocenters. The molecule has 1 amide bonds. The molecule has 0 saturated carbocycles. The van der Waals surface area contributed by atoms with Crippen LogP contribution >= 0.6 is 0 Å². The standard InChI is InChI=1S/C17H24N4O2/c22-16(17(4-7-18-8-5-17)21-9-1-6-19-21)20-10-12-13(11-20)15-3-2-14(12)23-15/h1,6,9,12-15,18H,2-5,7-8,10-11H2. The zero-order chi connectivity index (χ0) is 15.4. The van der Waals surface area contributed by atoms with Gasteiger partial charge < -0.3 is 15.0 Å². The number of aromatic nitrogens is 2. The molecule has 124 valence electrons. The third kappa shape index (κ3) is 1.94. The molecule has 1 aromatic heterocycles. The van der Waals surface area contributed by atoms with E-state index in [1.54, 1.807) is 6.20 Å². The maximum Gasteiger partial charge on any atom is 0.250 e. The van der Waals surface area contributed by atoms with Crippen molar-refractivity contribution in [2.75, 3.05) is 26.2 Å². The Kier molecular flexibility index (Phi) is 3.07. The molecule has 1 aromatic rings. The second-order valence-corrected chi connectivity index (χ2v) is 7.56. The molecule has 0 aromatic carbocycles. The average Bonchev–Trinajstić information content (AvgIpc) is 3.37. The van der Waals surface area contributed by atoms with Crippen LogP contribution < -0.4 is 5.32 Å². The van der Waals surface area contributed by atoms with Gasteiger partial charge in [0.05, 0.1) is 12.2 Å². The quantitative estimate of drug-likeness (QED) is 0.868. The lowest BCUT2D eigenvalue weighted by molar-refractivity contribution is -0.142. The number of carbonyl (C=O) groups is 1. The van der Waals surface area contributed by atoms with Crippen molar-refractivity contribution >= 4 is 5.91 Å². The first kappa shape index (κ1) is 14.0. The van der Waals surface area contributed by atoms with Crippen LogP contribution in [-0.4, -0.2) is 59.0 Å². The van der Waals surface area contributed by atoms with E-state index in [9.17, 15) is 4.79 Å². The second kappa shape index (κ2) is 5.05. The predicted octanol–water partition coefficient (Wildman–Crippen LogP) is 0.598. The highest BCUT2D eigenvalue weighted by Gasteiger charge is 2.56. The van der Waals surface area contributed by atoms with Gasteiger partial charge in [-0.2, -0.15) is 5.10 Å². The molecule has 4 fully saturated rings. The Hall–Kier alpha value is -1.40. The van der Waals surface area contributed by atoms with Crippen LogP contribution in [0.2, 0.25) is 0 Å². The highest BCUT2D eigenvalue weighted by atomic mass is 16.5. The number of amides is 1. The molecule has 5 heterocycles. The highest BCUT2D eigenvalue weighted by Crippen LogP contribution is 2.48. The number of rotatable bonds is 2. The van der Waals surface area contributed by atoms with Gasteiger partial charge in [0, 0.05) is 37.3 Å². The number of likely N-dealkylation sites (tertiary alicyclic amines) is 1. The number of ether oxygens (including phenoxy) is 1. The van der Waals surface area contributed by atoms with E-state index >= 15 is 0 Å². The molecule has 23 heavy (non-hydrogen) atoms. The minimum absolute atomic E-state index is 0.275. The van der Waals surface area contributed by atoms with Crippen LogP contribution in [-0.2, 0) is 15.1 Å². The van der Waals surface area contributed by atoms with Crippen LogP contribution in [0.5, 0.6) is 0 Å². The minimum Gasteiger partial charge on any atom is -0.374 e. The highest BCUT2D eigenvalue weighted by molar-refractivity contribution is 5.85. The fourth-order valence-corrected chi connectivity index (χ4v) is 5.32. The van der Waals surface area contributed by atoms with Crippen molar-refractivity contribution in [1.29, 1.82) is 0 Å². The fourth-order valence-electron chi connectivity index (χ4n) is 5.32. The van der Waals surface area contributed by atoms with Gasteiger partial charge in [0.25, 0.3) is 5.91 Å². The molecule has 0 spiro atoms. The monoisotopic (exact) mass is 316 g/mol. The van der Waals surface area contributed by atoms with Gasteiger partial charge in [-0.25, -0.2) is 0 Å². The molecule has 0 aliphatic carbocycles. The predicted molar refractivity (Wildman–Crippen MR) is 83.8 cm³/mol. The first-order valence-electron chi connectivity index (χ1n) is 8.94. The van der Waals surface area contributed by atoms with E-state index in [0.717, 1.165) is 39.0 Å². The van der Waals surface area contributed by atoms with E-state index in [2.05, 4.69) is 15.3 Å². The maximum absolute atomic E-state index is 13.5. The molecule has 2 bridgehead atoms. The molecule has 5 rings (SSSR count). The van der Waals surface area contributed by atoms with Gasteiger partial charge in [-0.05, 0) is 44.8 Å². The fraction of sp³-hybridized carbons (Fsp3) is 0.765. The number of nitrogens with zero attached hydrogens (tertiary/aromatic N) is 3. The Balaban J connectivity index is 1.42. The number of nitrogens with one attached hydrogen (secondary N) is 1. The molecule has 0 radical (unpaired) electrons. The Morgan fingerprint density at radius 1 is 1.17 bits per heavy atom. The van der Waals surface area contributed by atoms with Crippen molar-refractivity contribution in [2.45, 2.75) is 43.4 Å². The zero-order valence-corrected chi connectivity index (χ0v) is 13.4. The van der Waals surface area contributed by atoms with E-state index in [0.29, 0.717) is 24.0 Å². The van der Waals surface area contributed by atoms with Crippen molar-refractivity contribution in [3.63, 3.8) is 0 Å². The lowest BCUT2D eigenvalue weighted by Gasteiger charge is -2.39. The normalized spacial score (nSPS) is 38.0. The summed E-state index contributed by atoms with van der Waals surface area (Å²) >= 11 is 0. The van der Waals surface area contributed by atoms with E-state index < -0.39 is 5.54 Å². The van der Waals surface area contributed by atoms with Gasteiger partial charge in [0.15, 0.2) is 0 Å². The molecule has 4 aliphatic heterocycles. The van der Waals surface area contributed by atoms with Crippen LogP contribution in [0.1, 0.15) is 25.7 Å². The number of piperidine rings is 1. The van der Waals surface area contributed by atoms with Crippen LogP contribution in [0.3, 0.4) is 0 Å². The summed E-state index contributed by atoms with van der Waals surface area (Å²) in [6.45, 7) is 3.50. The molecular weight excluding hydrogens is 292 g/mol. The van der Waals surface area contributed by atoms with Gasteiger partial charge in [-0.1, -0.05) is 0 Å². The number of fused-ring (bicyclic) bond motifs is 5. The minimum atomic E-state index is -0.493. The topological polar surface area (TPSA) is 59.4 Å². The molecule has 4 saturated heterocycles. The van der Waals surface area contributed by atoms with Crippen molar-refractivity contribution in [1.82, 2.24) is 20.0 Å². The van der Waals surface area contributed by atoms with Gasteiger partial charge in [-0.15, -0.1) is 0 Å². The molecule has 4 unspecified atom stereocenters. The van der Waals surface area contributed by atoms with Crippen LogP contribution in [0, 0.1) is 11.8 Å². The Labute approximate surface area is 136 Å². The summed E-state index contributed by atoms with van der Waals surface area (Å²) in [7, 11) is 0. The smallest absolute Gasteiger partial charge is 0.250 e. The summed E-state index contributed by atoms with van der Waals surface area (Å²) in [4.78, 5) is 15.6. The van der Waals surface area contributed by atoms with Gasteiger partial charge in [0.2, 0.25) is 0 Å². The molecule has 4 aliphatic rings. The largest absolute Gasteiger partial charge is 0.374 e. The summed E-state index contributed by atoms with van der Waals surface area (Å²) in [6, 6.07) is 1.92. The van der Waals surface area contributed by atoms with Crippen molar-refractivity contribution in [3.05, 3.63) is 18.5 Å². The summed E-state index contributed by atoms with van der Waals surface area (Å²) in [6.07, 6.45) is 8.54. The van der Waals surface area contributed by atoms with Gasteiger partial charge >= 0.3 is 0 Å². The van der Waals surface area contributed by atoms with Crippen molar-refractivity contribution < 1.29 is 9.53 Å². The molecule has 6 nitrogen and oxygen atoms in total. The first-order valence-corrected chi connectivity index (χ1v) is 8.94. The maximum atomic E-state index is 13.5. The average molecular weight is 316 g/mol. The molecule has 6 heteroatoms. The summed E-state index contributed by atoms with van der Waals surface area (Å²) in [5.74, 6) is 1.40. The van der Waals surface area contributed by atoms with Crippen molar-refractivity contribution in [2.24, 2.45) is 11.8 Å². The Bertz CT molecular complexity index is 578. The summed E-state index contributed by atoms with van der Waals surface area (Å²) in [5.41, 5.74) is -0.493. The third-order valence-corrected chi connectivity index (χ3v) is 6.51. The summed E-state index contributed by atoms with van der Waals surface area (Å²) < 4.78 is 7.96. The Morgan fingerprint density at radius 2 is 1.87 bits per heavy atom. The number of carbonyl (C=O) groups excluding carboxylic acids is 1. The van der Waals surface area contributed by atoms with Crippen molar-refractivity contribution in [3.8, 4) is 0 Å². The number of hydrogen-bond donors (Lipinski definition) is 1. The molecular formula is C17H24N4O2.